The number of furan rings is 1. The Morgan fingerprint density at radius 1 is 1.10 bits per heavy atom. The van der Waals surface area contributed by atoms with Crippen molar-refractivity contribution in [1.82, 2.24) is 5.32 Å². The van der Waals surface area contributed by atoms with Crippen molar-refractivity contribution < 1.29 is 38.5 Å². The number of carbonyl (C=O) groups is 3. The summed E-state index contributed by atoms with van der Waals surface area (Å²) in [7, 11) is 1.61. The Labute approximate surface area is 237 Å². The van der Waals surface area contributed by atoms with Gasteiger partial charge in [0.15, 0.2) is 17.3 Å². The number of allylic oxidation sites excluding steroid dienone is 4. The van der Waals surface area contributed by atoms with Crippen LogP contribution in [0.1, 0.15) is 65.9 Å². The highest BCUT2D eigenvalue weighted by Crippen LogP contribution is 2.57. The second kappa shape index (κ2) is 10.3. The fourth-order valence-corrected chi connectivity index (χ4v) is 5.75. The number of nitrogens with one attached hydrogen (secondary N) is 1. The molecular weight excluding hydrogens is 526 g/mol. The van der Waals surface area contributed by atoms with E-state index in [1.54, 1.807) is 27.2 Å². The number of hydrogen-bond donors (Lipinski definition) is 3. The van der Waals surface area contributed by atoms with Gasteiger partial charge in [-0.05, 0) is 52.3 Å². The smallest absolute Gasteiger partial charge is 0.194 e. The predicted octanol–water partition coefficient (Wildman–Crippen LogP) is 4.98. The van der Waals surface area contributed by atoms with Gasteiger partial charge in [0.1, 0.15) is 45.5 Å². The van der Waals surface area contributed by atoms with Gasteiger partial charge in [-0.2, -0.15) is 0 Å². The number of hydrogen-bond acceptors (Lipinski definition) is 9. The summed E-state index contributed by atoms with van der Waals surface area (Å²) < 4.78 is 17.1. The molecular formula is C32H31NO8. The van der Waals surface area contributed by atoms with E-state index in [-0.39, 0.29) is 45.4 Å². The number of fused-ring (bicyclic) bond motifs is 3. The molecule has 0 saturated heterocycles. The molecule has 0 fully saturated rings. The lowest BCUT2D eigenvalue weighted by Crippen LogP contribution is -2.41. The summed E-state index contributed by atoms with van der Waals surface area (Å²) >= 11 is 0. The molecule has 1 aliphatic heterocycles. The molecule has 0 saturated carbocycles. The maximum absolute atomic E-state index is 14.0. The Hall–Kier alpha value is -4.79. The van der Waals surface area contributed by atoms with Crippen LogP contribution in [0.2, 0.25) is 0 Å². The number of phenolic OH excluding ortho intramolecular Hbond substituents is 2. The molecule has 1 aliphatic carbocycles. The number of Topliss-reactive ketones (excluding diaryl/α,β-unsaturated/α-hetero) is 2. The normalized spacial score (nSPS) is 19.6. The van der Waals surface area contributed by atoms with Gasteiger partial charge in [0.05, 0.1) is 24.5 Å². The van der Waals surface area contributed by atoms with Gasteiger partial charge in [0.25, 0.3) is 0 Å². The molecule has 1 unspecified atom stereocenters. The minimum Gasteiger partial charge on any atom is -0.507 e. The van der Waals surface area contributed by atoms with Crippen molar-refractivity contribution in [2.75, 3.05) is 13.7 Å². The molecule has 9 heteroatoms. The van der Waals surface area contributed by atoms with E-state index in [0.29, 0.717) is 18.7 Å². The summed E-state index contributed by atoms with van der Waals surface area (Å²) in [5.41, 5.74) is -0.377. The molecule has 0 amide bonds. The fourth-order valence-electron chi connectivity index (χ4n) is 5.75. The fraction of sp³-hybridized carbons (Fsp3) is 0.281. The molecule has 2 heterocycles. The molecule has 2 atom stereocenters. The van der Waals surface area contributed by atoms with Crippen LogP contribution in [-0.2, 0) is 15.0 Å². The van der Waals surface area contributed by atoms with E-state index in [9.17, 15) is 24.6 Å². The molecule has 0 radical (unpaired) electrons. The van der Waals surface area contributed by atoms with Gasteiger partial charge in [-0.1, -0.05) is 18.2 Å². The van der Waals surface area contributed by atoms with Crippen LogP contribution in [0.25, 0.3) is 0 Å². The molecule has 41 heavy (non-hydrogen) atoms. The topological polar surface area (TPSA) is 135 Å². The third kappa shape index (κ3) is 4.28. The zero-order valence-corrected chi connectivity index (χ0v) is 23.5. The number of ether oxygens (including phenoxy) is 2. The van der Waals surface area contributed by atoms with Crippen molar-refractivity contribution >= 4 is 17.3 Å². The lowest BCUT2D eigenvalue weighted by molar-refractivity contribution is -0.123. The number of ketones is 3. The first kappa shape index (κ1) is 27.8. The third-order valence-corrected chi connectivity index (χ3v) is 7.98. The van der Waals surface area contributed by atoms with E-state index >= 15 is 0 Å². The number of phenols is 2. The van der Waals surface area contributed by atoms with Crippen molar-refractivity contribution in [3.63, 3.8) is 0 Å². The van der Waals surface area contributed by atoms with E-state index in [2.05, 4.69) is 5.32 Å². The summed E-state index contributed by atoms with van der Waals surface area (Å²) in [5, 5.41) is 24.8. The first-order valence-electron chi connectivity index (χ1n) is 13.2. The van der Waals surface area contributed by atoms with Crippen molar-refractivity contribution in [3.8, 4) is 23.0 Å². The summed E-state index contributed by atoms with van der Waals surface area (Å²) in [6.07, 6.45) is 3.38. The average Bonchev–Trinajstić information content (AvgIpc) is 3.57. The maximum Gasteiger partial charge on any atom is 0.194 e. The molecule has 3 N–H and O–H groups in total. The largest absolute Gasteiger partial charge is 0.507 e. The van der Waals surface area contributed by atoms with Crippen LogP contribution in [0, 0.1) is 6.92 Å². The van der Waals surface area contributed by atoms with E-state index in [1.165, 1.54) is 19.9 Å². The summed E-state index contributed by atoms with van der Waals surface area (Å²) in [6, 6.07) is 11.4. The first-order chi connectivity index (χ1) is 19.5. The van der Waals surface area contributed by atoms with E-state index < -0.39 is 28.5 Å². The Bertz CT molecular complexity index is 1650. The average molecular weight is 558 g/mol. The van der Waals surface area contributed by atoms with Crippen LogP contribution in [0.15, 0.2) is 70.2 Å². The van der Waals surface area contributed by atoms with Crippen LogP contribution in [0.5, 0.6) is 23.0 Å². The van der Waals surface area contributed by atoms with Gasteiger partial charge in [0, 0.05) is 35.4 Å². The van der Waals surface area contributed by atoms with Gasteiger partial charge in [-0.15, -0.1) is 0 Å². The zero-order chi connectivity index (χ0) is 29.6. The Kier molecular flexibility index (Phi) is 6.98. The number of para-hydroxylation sites is 1. The quantitative estimate of drug-likeness (QED) is 0.199. The zero-order valence-electron chi connectivity index (χ0n) is 23.5. The highest BCUT2D eigenvalue weighted by atomic mass is 16.5. The monoisotopic (exact) mass is 557 g/mol. The molecule has 0 bridgehead atoms. The van der Waals surface area contributed by atoms with Crippen molar-refractivity contribution in [1.29, 1.82) is 0 Å². The van der Waals surface area contributed by atoms with Gasteiger partial charge in [0.2, 0.25) is 0 Å². The lowest BCUT2D eigenvalue weighted by Gasteiger charge is -2.29. The van der Waals surface area contributed by atoms with Gasteiger partial charge in [-0.25, -0.2) is 0 Å². The van der Waals surface area contributed by atoms with Crippen molar-refractivity contribution in [3.05, 3.63) is 93.8 Å². The minimum atomic E-state index is -1.57. The van der Waals surface area contributed by atoms with Crippen molar-refractivity contribution in [2.45, 2.75) is 45.4 Å². The second-order valence-electron chi connectivity index (χ2n) is 10.4. The molecule has 9 nitrogen and oxygen atoms in total. The summed E-state index contributed by atoms with van der Waals surface area (Å²) in [6.45, 7) is 6.29. The van der Waals surface area contributed by atoms with Crippen LogP contribution in [-0.4, -0.2) is 41.2 Å². The SMILES string of the molecule is COc1ccccc1C(CCN/C(C)=C1\C(=O)C=C2Oc3c(C(C)=O)c(O)c(C)c(O)c3[C@@]2(C)C1=O)c1ccco1. The first-order valence-corrected chi connectivity index (χ1v) is 13.2. The maximum atomic E-state index is 14.0. The Balaban J connectivity index is 1.48. The van der Waals surface area contributed by atoms with Crippen LogP contribution in [0.4, 0.5) is 0 Å². The van der Waals surface area contributed by atoms with Crippen LogP contribution >= 0.6 is 0 Å². The van der Waals surface area contributed by atoms with Gasteiger partial charge in [-0.3, -0.25) is 14.4 Å². The third-order valence-electron chi connectivity index (χ3n) is 7.98. The van der Waals surface area contributed by atoms with E-state index in [4.69, 9.17) is 13.9 Å². The second-order valence-corrected chi connectivity index (χ2v) is 10.4. The van der Waals surface area contributed by atoms with Crippen LogP contribution in [0.3, 0.4) is 0 Å². The summed E-state index contributed by atoms with van der Waals surface area (Å²) in [4.78, 5) is 39.6. The molecule has 1 aromatic heterocycles. The predicted molar refractivity (Wildman–Crippen MR) is 149 cm³/mol. The van der Waals surface area contributed by atoms with Gasteiger partial charge >= 0.3 is 0 Å². The highest BCUT2D eigenvalue weighted by Gasteiger charge is 2.56. The minimum absolute atomic E-state index is 0.00379. The molecule has 5 rings (SSSR count). The number of methoxy groups -OCH3 is 1. The standard InChI is InChI=1S/C32H31NO8/c1-16-28(36)26(18(3)34)30-27(29(16)37)32(4)24(41-30)15-21(35)25(31(32)38)17(2)33-13-12-20(23-11-8-14-40-23)19-9-6-7-10-22(19)39-5/h6-11,14-15,20,33,36-37H,12-13H2,1-5H3/b25-17+/t20?,32-/m0/s1. The van der Waals surface area contributed by atoms with Crippen molar-refractivity contribution in [2.24, 2.45) is 0 Å². The van der Waals surface area contributed by atoms with Crippen LogP contribution < -0.4 is 14.8 Å². The molecule has 2 aliphatic rings. The lowest BCUT2D eigenvalue weighted by atomic mass is 9.70. The molecule has 3 aromatic rings. The molecule has 212 valence electrons. The molecule has 0 spiro atoms. The molecule has 2 aromatic carbocycles. The number of benzene rings is 2. The van der Waals surface area contributed by atoms with E-state index in [0.717, 1.165) is 17.1 Å². The highest BCUT2D eigenvalue weighted by molar-refractivity contribution is 6.31. The summed E-state index contributed by atoms with van der Waals surface area (Å²) in [5.74, 6) is -1.22. The van der Waals surface area contributed by atoms with E-state index in [1.807, 2.05) is 36.4 Å². The number of carbonyl (C=O) groups excluding carboxylic acids is 3. The Morgan fingerprint density at radius 3 is 2.49 bits per heavy atom. The number of rotatable bonds is 8. The number of aromatic hydroxyl groups is 2. The van der Waals surface area contributed by atoms with Gasteiger partial charge < -0.3 is 29.4 Å². The Morgan fingerprint density at radius 2 is 1.83 bits per heavy atom.